The molecule has 0 aliphatic carbocycles. The molecule has 5 nitrogen and oxygen atoms in total. The van der Waals surface area contributed by atoms with E-state index < -0.39 is 0 Å². The lowest BCUT2D eigenvalue weighted by Crippen LogP contribution is -2.25. The molecule has 4 rings (SSSR count). The Labute approximate surface area is 151 Å². The lowest BCUT2D eigenvalue weighted by atomic mass is 10.0. The van der Waals surface area contributed by atoms with Crippen LogP contribution in [-0.4, -0.2) is 10.2 Å². The minimum Gasteiger partial charge on any atom is -0.472 e. The Morgan fingerprint density at radius 1 is 0.846 bits per heavy atom. The monoisotopic (exact) mass is 345 g/mol. The van der Waals surface area contributed by atoms with Crippen molar-refractivity contribution in [3.05, 3.63) is 96.3 Å². The number of aromatic nitrogens is 2. The summed E-state index contributed by atoms with van der Waals surface area (Å²) in [6.07, 6.45) is 3.43. The third-order valence-electron chi connectivity index (χ3n) is 4.26. The third kappa shape index (κ3) is 3.43. The number of furan rings is 1. The molecule has 0 saturated heterocycles. The van der Waals surface area contributed by atoms with Gasteiger partial charge in [0, 0.05) is 11.1 Å². The van der Waals surface area contributed by atoms with Crippen molar-refractivity contribution in [2.45, 2.75) is 19.0 Å². The first-order valence-corrected chi connectivity index (χ1v) is 8.53. The fourth-order valence-corrected chi connectivity index (χ4v) is 2.90. The fraction of sp³-hybridized carbons (Fsp3) is 0.143. The normalized spacial score (nSPS) is 13.4. The van der Waals surface area contributed by atoms with Crippen LogP contribution in [0.3, 0.4) is 0 Å². The second-order valence-corrected chi connectivity index (χ2v) is 6.10. The van der Waals surface area contributed by atoms with Crippen LogP contribution in [0.25, 0.3) is 11.5 Å². The highest BCUT2D eigenvalue weighted by Crippen LogP contribution is 2.27. The number of nitrogens with zero attached hydrogens (tertiary/aromatic N) is 2. The fourth-order valence-electron chi connectivity index (χ4n) is 2.90. The van der Waals surface area contributed by atoms with Gasteiger partial charge in [0.2, 0.25) is 11.8 Å². The van der Waals surface area contributed by atoms with E-state index >= 15 is 0 Å². The van der Waals surface area contributed by atoms with Gasteiger partial charge in [-0.3, -0.25) is 5.32 Å². The van der Waals surface area contributed by atoms with E-state index in [0.717, 1.165) is 16.7 Å². The Morgan fingerprint density at radius 3 is 2.27 bits per heavy atom. The zero-order valence-electron chi connectivity index (χ0n) is 14.4. The molecular weight excluding hydrogens is 326 g/mol. The lowest BCUT2D eigenvalue weighted by Gasteiger charge is -2.21. The van der Waals surface area contributed by atoms with E-state index in [-0.39, 0.29) is 12.1 Å². The molecule has 0 amide bonds. The predicted molar refractivity (Wildman–Crippen MR) is 98.3 cm³/mol. The van der Waals surface area contributed by atoms with E-state index in [0.29, 0.717) is 11.8 Å². The number of benzene rings is 2. The van der Waals surface area contributed by atoms with Crippen LogP contribution in [0.15, 0.2) is 88.1 Å². The minimum absolute atomic E-state index is 0.0305. The van der Waals surface area contributed by atoms with Crippen molar-refractivity contribution in [2.24, 2.45) is 0 Å². The summed E-state index contributed by atoms with van der Waals surface area (Å²) in [7, 11) is 0. The van der Waals surface area contributed by atoms with Gasteiger partial charge >= 0.3 is 0 Å². The Morgan fingerprint density at radius 2 is 1.58 bits per heavy atom. The van der Waals surface area contributed by atoms with Gasteiger partial charge in [0.25, 0.3) is 0 Å². The van der Waals surface area contributed by atoms with E-state index in [2.05, 4.69) is 27.6 Å². The van der Waals surface area contributed by atoms with Crippen LogP contribution in [0, 0.1) is 0 Å². The second kappa shape index (κ2) is 7.37. The van der Waals surface area contributed by atoms with Gasteiger partial charge in [0.1, 0.15) is 0 Å². The Balaban J connectivity index is 1.57. The van der Waals surface area contributed by atoms with Crippen molar-refractivity contribution < 1.29 is 8.83 Å². The van der Waals surface area contributed by atoms with Gasteiger partial charge in [-0.1, -0.05) is 48.5 Å². The van der Waals surface area contributed by atoms with E-state index in [1.165, 1.54) is 0 Å². The highest BCUT2D eigenvalue weighted by atomic mass is 16.4. The molecule has 0 spiro atoms. The van der Waals surface area contributed by atoms with Crippen molar-refractivity contribution in [3.8, 4) is 11.5 Å². The first-order chi connectivity index (χ1) is 12.8. The van der Waals surface area contributed by atoms with Crippen LogP contribution in [0.4, 0.5) is 0 Å². The molecule has 130 valence electrons. The Bertz CT molecular complexity index is 934. The molecule has 0 fully saturated rings. The number of nitrogens with one attached hydrogen (secondary N) is 1. The molecule has 0 unspecified atom stereocenters. The van der Waals surface area contributed by atoms with Crippen LogP contribution >= 0.6 is 0 Å². The zero-order valence-corrected chi connectivity index (χ0v) is 14.4. The summed E-state index contributed by atoms with van der Waals surface area (Å²) in [5.41, 5.74) is 3.10. The molecule has 0 aliphatic rings. The molecule has 5 heteroatoms. The summed E-state index contributed by atoms with van der Waals surface area (Å²) in [5, 5.41) is 12.0. The third-order valence-corrected chi connectivity index (χ3v) is 4.26. The standard InChI is InChI=1S/C21H19N3O2/c1-15(20-23-24-21(26-20)17-10-6-3-7-11-17)22-19(18-12-13-25-14-18)16-8-4-2-5-9-16/h2-15,19,22H,1H3/t15-,19+/m0/s1. The van der Waals surface area contributed by atoms with Gasteiger partial charge in [-0.2, -0.15) is 0 Å². The molecule has 0 saturated carbocycles. The van der Waals surface area contributed by atoms with Crippen molar-refractivity contribution >= 4 is 0 Å². The van der Waals surface area contributed by atoms with Crippen LogP contribution < -0.4 is 5.32 Å². The van der Waals surface area contributed by atoms with Crippen LogP contribution in [-0.2, 0) is 0 Å². The van der Waals surface area contributed by atoms with Gasteiger partial charge < -0.3 is 8.83 Å². The van der Waals surface area contributed by atoms with E-state index in [9.17, 15) is 0 Å². The summed E-state index contributed by atoms with van der Waals surface area (Å²) in [6.45, 7) is 2.01. The highest BCUT2D eigenvalue weighted by Gasteiger charge is 2.22. The number of hydrogen-bond donors (Lipinski definition) is 1. The van der Waals surface area contributed by atoms with Crippen LogP contribution in [0.1, 0.15) is 36.0 Å². The second-order valence-electron chi connectivity index (χ2n) is 6.10. The van der Waals surface area contributed by atoms with Crippen molar-refractivity contribution in [3.63, 3.8) is 0 Å². The number of hydrogen-bond acceptors (Lipinski definition) is 5. The lowest BCUT2D eigenvalue weighted by molar-refractivity contribution is 0.402. The SMILES string of the molecule is C[C@H](N[C@H](c1ccccc1)c1ccoc1)c1nnc(-c2ccccc2)o1. The average Bonchev–Trinajstić information content (AvgIpc) is 3.39. The highest BCUT2D eigenvalue weighted by molar-refractivity contribution is 5.51. The van der Waals surface area contributed by atoms with Gasteiger partial charge in [0.15, 0.2) is 0 Å². The molecule has 0 radical (unpaired) electrons. The van der Waals surface area contributed by atoms with Gasteiger partial charge in [0.05, 0.1) is 24.6 Å². The van der Waals surface area contributed by atoms with Crippen molar-refractivity contribution in [1.29, 1.82) is 0 Å². The maximum absolute atomic E-state index is 5.88. The molecule has 26 heavy (non-hydrogen) atoms. The topological polar surface area (TPSA) is 64.1 Å². The van der Waals surface area contributed by atoms with Crippen molar-refractivity contribution in [2.75, 3.05) is 0 Å². The molecule has 0 aliphatic heterocycles. The molecule has 1 N–H and O–H groups in total. The molecule has 2 aromatic heterocycles. The summed E-state index contributed by atoms with van der Waals surface area (Å²) in [5.74, 6) is 1.07. The molecule has 2 aromatic carbocycles. The van der Waals surface area contributed by atoms with Crippen molar-refractivity contribution in [1.82, 2.24) is 15.5 Å². The predicted octanol–water partition coefficient (Wildman–Crippen LogP) is 4.77. The maximum Gasteiger partial charge on any atom is 0.247 e. The molecule has 2 heterocycles. The smallest absolute Gasteiger partial charge is 0.247 e. The van der Waals surface area contributed by atoms with Gasteiger partial charge in [-0.15, -0.1) is 10.2 Å². The molecule has 0 bridgehead atoms. The van der Waals surface area contributed by atoms with Crippen LogP contribution in [0.2, 0.25) is 0 Å². The maximum atomic E-state index is 5.88. The Kier molecular flexibility index (Phi) is 4.62. The summed E-state index contributed by atoms with van der Waals surface area (Å²) >= 11 is 0. The van der Waals surface area contributed by atoms with E-state index in [1.54, 1.807) is 12.5 Å². The largest absolute Gasteiger partial charge is 0.472 e. The molecule has 2 atom stereocenters. The molecular formula is C21H19N3O2. The summed E-state index contributed by atoms with van der Waals surface area (Å²) in [6, 6.07) is 21.8. The van der Waals surface area contributed by atoms with E-state index in [4.69, 9.17) is 8.83 Å². The minimum atomic E-state index is -0.125. The first-order valence-electron chi connectivity index (χ1n) is 8.53. The van der Waals surface area contributed by atoms with Gasteiger partial charge in [-0.05, 0) is 30.7 Å². The van der Waals surface area contributed by atoms with Crippen LogP contribution in [0.5, 0.6) is 0 Å². The quantitative estimate of drug-likeness (QED) is 0.545. The number of rotatable bonds is 6. The summed E-state index contributed by atoms with van der Waals surface area (Å²) in [4.78, 5) is 0. The van der Waals surface area contributed by atoms with Gasteiger partial charge in [-0.25, -0.2) is 0 Å². The average molecular weight is 345 g/mol. The first kappa shape index (κ1) is 16.3. The Hall–Kier alpha value is -3.18. The summed E-state index contributed by atoms with van der Waals surface area (Å²) < 4.78 is 11.2. The zero-order chi connectivity index (χ0) is 17.8. The molecule has 4 aromatic rings. The van der Waals surface area contributed by atoms with E-state index in [1.807, 2.05) is 61.5 Å².